The maximum atomic E-state index is 12.7. The highest BCUT2D eigenvalue weighted by Crippen LogP contribution is 2.39. The number of halogens is 4. The van der Waals surface area contributed by atoms with E-state index in [0.29, 0.717) is 6.07 Å². The highest BCUT2D eigenvalue weighted by atomic mass is 35.5. The highest BCUT2D eigenvalue weighted by Gasteiger charge is 2.32. The van der Waals surface area contributed by atoms with Crippen LogP contribution in [0.5, 0.6) is 11.5 Å². The summed E-state index contributed by atoms with van der Waals surface area (Å²) in [5, 5.41) is 11.0. The first-order chi connectivity index (χ1) is 12.1. The molecule has 0 N–H and O–H groups in total. The van der Waals surface area contributed by atoms with Crippen molar-refractivity contribution in [3.63, 3.8) is 0 Å². The van der Waals surface area contributed by atoms with E-state index in [1.54, 1.807) is 0 Å². The predicted octanol–water partition coefficient (Wildman–Crippen LogP) is 5.24. The Labute approximate surface area is 150 Å². The summed E-state index contributed by atoms with van der Waals surface area (Å²) >= 11 is 5.78. The van der Waals surface area contributed by atoms with E-state index in [1.807, 2.05) is 0 Å². The maximum Gasteiger partial charge on any atom is 0.416 e. The first-order valence-corrected chi connectivity index (χ1v) is 7.52. The third kappa shape index (κ3) is 4.23. The second-order valence-corrected chi connectivity index (χ2v) is 5.28. The summed E-state index contributed by atoms with van der Waals surface area (Å²) in [6.07, 6.45) is -4.60. The van der Waals surface area contributed by atoms with Gasteiger partial charge in [0.25, 0.3) is 0 Å². The van der Waals surface area contributed by atoms with Gasteiger partial charge in [-0.05, 0) is 37.3 Å². The fourth-order valence-corrected chi connectivity index (χ4v) is 2.26. The topological polar surface area (TPSA) is 78.7 Å². The van der Waals surface area contributed by atoms with Gasteiger partial charge in [-0.25, -0.2) is 4.79 Å². The standard InChI is InChI=1S/C16H11ClF3NO5/c1-2-25-15(22)10-4-3-5-13(14(10)21(23)24)26-12-7-6-9(8-11(12)17)16(18,19)20/h3-8H,2H2,1H3. The Morgan fingerprint density at radius 1 is 1.23 bits per heavy atom. The molecular formula is C16H11ClF3NO5. The number of carbonyl (C=O) groups is 1. The van der Waals surface area contributed by atoms with Crippen molar-refractivity contribution in [1.29, 1.82) is 0 Å². The fraction of sp³-hybridized carbons (Fsp3) is 0.188. The molecule has 0 saturated heterocycles. The molecule has 26 heavy (non-hydrogen) atoms. The lowest BCUT2D eigenvalue weighted by Gasteiger charge is -2.12. The molecule has 2 aromatic carbocycles. The third-order valence-electron chi connectivity index (χ3n) is 3.16. The van der Waals surface area contributed by atoms with Crippen LogP contribution in [0, 0.1) is 10.1 Å². The number of alkyl halides is 3. The van der Waals surface area contributed by atoms with Crippen LogP contribution in [0.15, 0.2) is 36.4 Å². The molecule has 0 aliphatic heterocycles. The lowest BCUT2D eigenvalue weighted by molar-refractivity contribution is -0.386. The molecule has 0 amide bonds. The van der Waals surface area contributed by atoms with E-state index in [2.05, 4.69) is 0 Å². The number of nitro groups is 1. The second-order valence-electron chi connectivity index (χ2n) is 4.87. The normalized spacial score (nSPS) is 11.1. The summed E-state index contributed by atoms with van der Waals surface area (Å²) in [6, 6.07) is 5.98. The van der Waals surface area contributed by atoms with Gasteiger partial charge in [-0.1, -0.05) is 17.7 Å². The lowest BCUT2D eigenvalue weighted by Crippen LogP contribution is -2.09. The molecule has 0 unspecified atom stereocenters. The molecule has 0 saturated carbocycles. The number of benzene rings is 2. The van der Waals surface area contributed by atoms with Gasteiger partial charge in [0.1, 0.15) is 11.3 Å². The molecule has 6 nitrogen and oxygen atoms in total. The average Bonchev–Trinajstić information content (AvgIpc) is 2.55. The minimum absolute atomic E-state index is 0.00576. The molecule has 0 aliphatic rings. The Balaban J connectivity index is 2.45. The maximum absolute atomic E-state index is 12.7. The third-order valence-corrected chi connectivity index (χ3v) is 3.45. The molecule has 0 atom stereocenters. The fourth-order valence-electron chi connectivity index (χ4n) is 2.04. The van der Waals surface area contributed by atoms with Gasteiger partial charge in [-0.15, -0.1) is 0 Å². The summed E-state index contributed by atoms with van der Waals surface area (Å²) < 4.78 is 48.1. The van der Waals surface area contributed by atoms with Crippen LogP contribution in [0.2, 0.25) is 5.02 Å². The van der Waals surface area contributed by atoms with Crippen molar-refractivity contribution in [3.05, 3.63) is 62.7 Å². The van der Waals surface area contributed by atoms with Crippen molar-refractivity contribution in [3.8, 4) is 11.5 Å². The summed E-state index contributed by atoms with van der Waals surface area (Å²) in [4.78, 5) is 22.4. The van der Waals surface area contributed by atoms with Crippen LogP contribution in [0.4, 0.5) is 18.9 Å². The highest BCUT2D eigenvalue weighted by molar-refractivity contribution is 6.32. The van der Waals surface area contributed by atoms with Crippen LogP contribution in [-0.2, 0) is 10.9 Å². The number of nitrogens with zero attached hydrogens (tertiary/aromatic N) is 1. The van der Waals surface area contributed by atoms with E-state index in [4.69, 9.17) is 21.1 Å². The predicted molar refractivity (Wildman–Crippen MR) is 85.6 cm³/mol. The van der Waals surface area contributed by atoms with Gasteiger partial charge in [-0.3, -0.25) is 10.1 Å². The van der Waals surface area contributed by atoms with E-state index in [9.17, 15) is 28.1 Å². The zero-order valence-electron chi connectivity index (χ0n) is 13.2. The minimum atomic E-state index is -4.60. The Morgan fingerprint density at radius 3 is 2.46 bits per heavy atom. The molecule has 2 rings (SSSR count). The smallest absolute Gasteiger partial charge is 0.416 e. The SMILES string of the molecule is CCOC(=O)c1cccc(Oc2ccc(C(F)(F)F)cc2Cl)c1[N+](=O)[O-]. The quantitative estimate of drug-likeness (QED) is 0.397. The van der Waals surface area contributed by atoms with E-state index in [1.165, 1.54) is 25.1 Å². The first-order valence-electron chi connectivity index (χ1n) is 7.14. The molecule has 0 spiro atoms. The summed E-state index contributed by atoms with van der Waals surface area (Å²) in [5.41, 5.74) is -2.02. The van der Waals surface area contributed by atoms with Crippen molar-refractivity contribution < 1.29 is 32.4 Å². The van der Waals surface area contributed by atoms with Gasteiger partial charge < -0.3 is 9.47 Å². The van der Waals surface area contributed by atoms with Crippen LogP contribution < -0.4 is 4.74 Å². The Hall–Kier alpha value is -2.81. The van der Waals surface area contributed by atoms with E-state index in [-0.39, 0.29) is 23.7 Å². The Bertz CT molecular complexity index is 854. The molecule has 0 aliphatic carbocycles. The molecule has 0 bridgehead atoms. The molecule has 0 fully saturated rings. The van der Waals surface area contributed by atoms with E-state index < -0.39 is 33.3 Å². The van der Waals surface area contributed by atoms with Crippen LogP contribution >= 0.6 is 11.6 Å². The number of ether oxygens (including phenoxy) is 2. The average molecular weight is 390 g/mol. The van der Waals surface area contributed by atoms with Crippen LogP contribution in [0.25, 0.3) is 0 Å². The van der Waals surface area contributed by atoms with Crippen molar-refractivity contribution in [1.82, 2.24) is 0 Å². The van der Waals surface area contributed by atoms with Gasteiger partial charge >= 0.3 is 17.8 Å². The van der Waals surface area contributed by atoms with Gasteiger partial charge in [-0.2, -0.15) is 13.2 Å². The van der Waals surface area contributed by atoms with E-state index in [0.717, 1.165) is 12.1 Å². The molecule has 0 heterocycles. The number of hydrogen-bond donors (Lipinski definition) is 0. The molecule has 0 radical (unpaired) electrons. The van der Waals surface area contributed by atoms with Crippen LogP contribution in [0.3, 0.4) is 0 Å². The van der Waals surface area contributed by atoms with Gasteiger partial charge in [0.05, 0.1) is 22.1 Å². The summed E-state index contributed by atoms with van der Waals surface area (Å²) in [7, 11) is 0. The largest absolute Gasteiger partial charge is 0.462 e. The number of esters is 1. The van der Waals surface area contributed by atoms with Crippen molar-refractivity contribution in [2.24, 2.45) is 0 Å². The first kappa shape index (κ1) is 19.5. The molecule has 10 heteroatoms. The van der Waals surface area contributed by atoms with E-state index >= 15 is 0 Å². The molecule has 138 valence electrons. The molecule has 2 aromatic rings. The van der Waals surface area contributed by atoms with Crippen molar-refractivity contribution >= 4 is 23.3 Å². The van der Waals surface area contributed by atoms with Gasteiger partial charge in [0, 0.05) is 0 Å². The number of para-hydroxylation sites is 1. The monoisotopic (exact) mass is 389 g/mol. The van der Waals surface area contributed by atoms with Crippen molar-refractivity contribution in [2.75, 3.05) is 6.61 Å². The zero-order valence-corrected chi connectivity index (χ0v) is 13.9. The zero-order chi connectivity index (χ0) is 19.5. The van der Waals surface area contributed by atoms with Crippen LogP contribution in [0.1, 0.15) is 22.8 Å². The lowest BCUT2D eigenvalue weighted by atomic mass is 10.1. The Morgan fingerprint density at radius 2 is 1.92 bits per heavy atom. The summed E-state index contributed by atoms with van der Waals surface area (Å²) in [5.74, 6) is -1.52. The number of carbonyl (C=O) groups excluding carboxylic acids is 1. The summed E-state index contributed by atoms with van der Waals surface area (Å²) in [6.45, 7) is 1.54. The Kier molecular flexibility index (Phi) is 5.71. The molecular weight excluding hydrogens is 379 g/mol. The number of rotatable bonds is 5. The van der Waals surface area contributed by atoms with Crippen molar-refractivity contribution in [2.45, 2.75) is 13.1 Å². The number of nitro benzene ring substituents is 1. The second kappa shape index (κ2) is 7.61. The van der Waals surface area contributed by atoms with Gasteiger partial charge in [0.2, 0.25) is 5.75 Å². The minimum Gasteiger partial charge on any atom is -0.462 e. The number of hydrogen-bond acceptors (Lipinski definition) is 5. The van der Waals surface area contributed by atoms with Gasteiger partial charge in [0.15, 0.2) is 0 Å². The molecule has 0 aromatic heterocycles. The van der Waals surface area contributed by atoms with Crippen LogP contribution in [-0.4, -0.2) is 17.5 Å².